The molecule has 1 saturated carbocycles. The number of piperazine rings is 1. The molecular formula is C22H24N8O2. The zero-order valence-electron chi connectivity index (χ0n) is 17.8. The first-order valence-corrected chi connectivity index (χ1v) is 10.7. The summed E-state index contributed by atoms with van der Waals surface area (Å²) < 4.78 is 2.17. The molecule has 164 valence electrons. The maximum atomic E-state index is 11.0. The number of aromatic nitrogens is 4. The van der Waals surface area contributed by atoms with Crippen molar-refractivity contribution in [3.8, 4) is 6.07 Å². The van der Waals surface area contributed by atoms with E-state index in [1.54, 1.807) is 0 Å². The Bertz CT molecular complexity index is 1190. The first-order valence-electron chi connectivity index (χ1n) is 10.7. The van der Waals surface area contributed by atoms with E-state index >= 15 is 0 Å². The predicted molar refractivity (Wildman–Crippen MR) is 119 cm³/mol. The average molecular weight is 432 g/mol. The molecule has 10 nitrogen and oxygen atoms in total. The normalized spacial score (nSPS) is 20.8. The van der Waals surface area contributed by atoms with E-state index in [1.165, 1.54) is 12.4 Å². The van der Waals surface area contributed by atoms with Gasteiger partial charge in [-0.25, -0.2) is 19.7 Å². The van der Waals surface area contributed by atoms with E-state index in [-0.39, 0.29) is 5.69 Å². The van der Waals surface area contributed by atoms with Crippen LogP contribution in [0.25, 0.3) is 11.0 Å². The summed E-state index contributed by atoms with van der Waals surface area (Å²) in [5.41, 5.74) is 1.48. The summed E-state index contributed by atoms with van der Waals surface area (Å²) in [6, 6.07) is 7.18. The van der Waals surface area contributed by atoms with Crippen molar-refractivity contribution in [2.45, 2.75) is 24.9 Å². The standard InChI is InChI=1S/C22H24N8O2/c1-24-15-8-16(9-15)30-13-14(10-23)17-2-3-19(27-21(17)30)28-4-6-29(7-5-28)20-12-25-18(11-26-20)22(31)32/h2-3,11-13,15-16,24H,4-9H2,1H3,(H,31,32)/t15-,16-. The highest BCUT2D eigenvalue weighted by Crippen LogP contribution is 2.36. The van der Waals surface area contributed by atoms with Crippen LogP contribution in [0.4, 0.5) is 11.6 Å². The van der Waals surface area contributed by atoms with E-state index in [1.807, 2.05) is 25.4 Å². The zero-order valence-corrected chi connectivity index (χ0v) is 17.8. The van der Waals surface area contributed by atoms with E-state index < -0.39 is 5.97 Å². The van der Waals surface area contributed by atoms with E-state index in [2.05, 4.69) is 35.7 Å². The molecule has 0 atom stereocenters. The SMILES string of the molecule is CN[C@H]1C[C@H](n2cc(C#N)c3ccc(N4CCN(c5cnc(C(=O)O)cn5)CC4)nc32)C1. The Balaban J connectivity index is 1.33. The number of carboxylic acid groups (broad SMARTS) is 1. The third-order valence-electron chi connectivity index (χ3n) is 6.48. The van der Waals surface area contributed by atoms with Gasteiger partial charge in [-0.3, -0.25) is 0 Å². The minimum Gasteiger partial charge on any atom is -0.476 e. The van der Waals surface area contributed by atoms with Crippen LogP contribution < -0.4 is 15.1 Å². The van der Waals surface area contributed by atoms with E-state index in [0.717, 1.165) is 55.9 Å². The minimum atomic E-state index is -1.08. The molecule has 4 heterocycles. The Morgan fingerprint density at radius 1 is 1.12 bits per heavy atom. The number of fused-ring (bicyclic) bond motifs is 1. The lowest BCUT2D eigenvalue weighted by Crippen LogP contribution is -2.47. The molecule has 0 spiro atoms. The molecule has 0 unspecified atom stereocenters. The molecule has 0 bridgehead atoms. The fourth-order valence-corrected chi connectivity index (χ4v) is 4.47. The van der Waals surface area contributed by atoms with Crippen LogP contribution in [0.2, 0.25) is 0 Å². The average Bonchev–Trinajstić information content (AvgIpc) is 3.16. The van der Waals surface area contributed by atoms with Gasteiger partial charge in [0.1, 0.15) is 23.4 Å². The molecule has 1 saturated heterocycles. The summed E-state index contributed by atoms with van der Waals surface area (Å²) in [4.78, 5) is 28.5. The number of anilines is 2. The third-order valence-corrected chi connectivity index (χ3v) is 6.48. The van der Waals surface area contributed by atoms with Crippen LogP contribution in [0.15, 0.2) is 30.7 Å². The van der Waals surface area contributed by atoms with Crippen molar-refractivity contribution in [3.05, 3.63) is 42.0 Å². The van der Waals surface area contributed by atoms with Gasteiger partial charge in [-0.05, 0) is 32.0 Å². The number of rotatable bonds is 5. The summed E-state index contributed by atoms with van der Waals surface area (Å²) in [5.74, 6) is 0.496. The van der Waals surface area contributed by atoms with Gasteiger partial charge in [-0.2, -0.15) is 5.26 Å². The molecule has 2 fully saturated rings. The molecule has 32 heavy (non-hydrogen) atoms. The number of carboxylic acids is 1. The Morgan fingerprint density at radius 3 is 2.44 bits per heavy atom. The Kier molecular flexibility index (Phi) is 5.11. The van der Waals surface area contributed by atoms with Gasteiger partial charge in [0.25, 0.3) is 0 Å². The predicted octanol–water partition coefficient (Wildman–Crippen LogP) is 1.65. The molecule has 1 aliphatic heterocycles. The number of carbonyl (C=O) groups is 1. The number of nitrogens with one attached hydrogen (secondary N) is 1. The summed E-state index contributed by atoms with van der Waals surface area (Å²) in [7, 11) is 1.98. The van der Waals surface area contributed by atoms with Crippen LogP contribution in [0.3, 0.4) is 0 Å². The van der Waals surface area contributed by atoms with Crippen molar-refractivity contribution in [1.82, 2.24) is 24.8 Å². The van der Waals surface area contributed by atoms with Gasteiger partial charge in [-0.1, -0.05) is 0 Å². The van der Waals surface area contributed by atoms with Gasteiger partial charge >= 0.3 is 5.97 Å². The van der Waals surface area contributed by atoms with Crippen molar-refractivity contribution in [3.63, 3.8) is 0 Å². The van der Waals surface area contributed by atoms with Crippen molar-refractivity contribution >= 4 is 28.6 Å². The second-order valence-corrected chi connectivity index (χ2v) is 8.25. The maximum Gasteiger partial charge on any atom is 0.356 e. The van der Waals surface area contributed by atoms with E-state index in [4.69, 9.17) is 10.1 Å². The number of hydrogen-bond acceptors (Lipinski definition) is 8. The monoisotopic (exact) mass is 432 g/mol. The van der Waals surface area contributed by atoms with Crippen molar-refractivity contribution < 1.29 is 9.90 Å². The topological polar surface area (TPSA) is 123 Å². The van der Waals surface area contributed by atoms with Gasteiger partial charge < -0.3 is 24.8 Å². The van der Waals surface area contributed by atoms with E-state index in [9.17, 15) is 10.1 Å². The molecule has 0 radical (unpaired) electrons. The third kappa shape index (κ3) is 3.50. The number of pyridine rings is 1. The lowest BCUT2D eigenvalue weighted by Gasteiger charge is -2.37. The van der Waals surface area contributed by atoms with Gasteiger partial charge in [-0.15, -0.1) is 0 Å². The summed E-state index contributed by atoms with van der Waals surface area (Å²) in [6.45, 7) is 2.99. The van der Waals surface area contributed by atoms with Gasteiger partial charge in [0, 0.05) is 49.8 Å². The highest BCUT2D eigenvalue weighted by atomic mass is 16.4. The fraction of sp³-hybridized carbons (Fsp3) is 0.409. The van der Waals surface area contributed by atoms with Crippen molar-refractivity contribution in [2.75, 3.05) is 43.0 Å². The van der Waals surface area contributed by atoms with Gasteiger partial charge in [0.2, 0.25) is 0 Å². The first-order chi connectivity index (χ1) is 15.6. The molecule has 10 heteroatoms. The zero-order chi connectivity index (χ0) is 22.2. The largest absolute Gasteiger partial charge is 0.476 e. The lowest BCUT2D eigenvalue weighted by molar-refractivity contribution is 0.0690. The molecule has 3 aromatic heterocycles. The number of nitrogens with zero attached hydrogens (tertiary/aromatic N) is 7. The maximum absolute atomic E-state index is 11.0. The van der Waals surface area contributed by atoms with Crippen LogP contribution in [-0.4, -0.2) is 69.9 Å². The van der Waals surface area contributed by atoms with Crippen LogP contribution in [0, 0.1) is 11.3 Å². The molecule has 2 aliphatic rings. The van der Waals surface area contributed by atoms with Gasteiger partial charge in [0.15, 0.2) is 5.69 Å². The van der Waals surface area contributed by atoms with Crippen LogP contribution in [0.5, 0.6) is 0 Å². The Labute approximate surface area is 185 Å². The number of hydrogen-bond donors (Lipinski definition) is 2. The Hall–Kier alpha value is -3.71. The van der Waals surface area contributed by atoms with Crippen LogP contribution in [-0.2, 0) is 0 Å². The number of aromatic carboxylic acids is 1. The quantitative estimate of drug-likeness (QED) is 0.619. The van der Waals surface area contributed by atoms with Gasteiger partial charge in [0.05, 0.1) is 18.0 Å². The van der Waals surface area contributed by atoms with Crippen LogP contribution in [0.1, 0.15) is 34.9 Å². The van der Waals surface area contributed by atoms with Crippen molar-refractivity contribution in [1.29, 1.82) is 5.26 Å². The lowest BCUT2D eigenvalue weighted by atomic mass is 9.87. The smallest absolute Gasteiger partial charge is 0.356 e. The number of nitriles is 1. The Morgan fingerprint density at radius 2 is 1.84 bits per heavy atom. The molecular weight excluding hydrogens is 408 g/mol. The highest BCUT2D eigenvalue weighted by molar-refractivity contribution is 5.85. The molecule has 3 aromatic rings. The first kappa shape index (κ1) is 20.2. The highest BCUT2D eigenvalue weighted by Gasteiger charge is 2.31. The summed E-state index contributed by atoms with van der Waals surface area (Å²) in [6.07, 6.45) is 6.82. The second kappa shape index (κ2) is 8.09. The summed E-state index contributed by atoms with van der Waals surface area (Å²) >= 11 is 0. The van der Waals surface area contributed by atoms with Crippen LogP contribution >= 0.6 is 0 Å². The fourth-order valence-electron chi connectivity index (χ4n) is 4.47. The molecule has 2 N–H and O–H groups in total. The summed E-state index contributed by atoms with van der Waals surface area (Å²) in [5, 5.41) is 22.8. The molecule has 0 amide bonds. The van der Waals surface area contributed by atoms with Crippen molar-refractivity contribution in [2.24, 2.45) is 0 Å². The van der Waals surface area contributed by atoms with E-state index in [0.29, 0.717) is 23.5 Å². The second-order valence-electron chi connectivity index (χ2n) is 8.25. The molecule has 1 aliphatic carbocycles. The molecule has 0 aromatic carbocycles. The minimum absolute atomic E-state index is 0.0582. The molecule has 5 rings (SSSR count).